The number of carbonyl (C=O) groups excluding carboxylic acids is 2. The predicted octanol–water partition coefficient (Wildman–Crippen LogP) is 4.74. The normalized spacial score (nSPS) is 18.5. The molecule has 2 aromatic carbocycles. The summed E-state index contributed by atoms with van der Waals surface area (Å²) in [4.78, 5) is 27.6. The van der Waals surface area contributed by atoms with Crippen molar-refractivity contribution < 1.29 is 38.4 Å². The fraction of sp³-hybridized carbons (Fsp3) is 0.429. The Hall–Kier alpha value is -3.88. The average Bonchev–Trinajstić information content (AvgIpc) is 2.86. The van der Waals surface area contributed by atoms with Gasteiger partial charge in [-0.1, -0.05) is 30.3 Å². The number of cyclic esters (lactones) is 1. The lowest BCUT2D eigenvalue weighted by Gasteiger charge is -2.44. The lowest BCUT2D eigenvalue weighted by Crippen LogP contribution is -2.49. The lowest BCUT2D eigenvalue weighted by molar-refractivity contribution is -0.225. The molecule has 4 rings (SSSR count). The molecule has 198 valence electrons. The highest BCUT2D eigenvalue weighted by atomic mass is 16.8. The van der Waals surface area contributed by atoms with Crippen LogP contribution in [0.25, 0.3) is 0 Å². The van der Waals surface area contributed by atoms with Crippen LogP contribution in [0, 0.1) is 5.41 Å². The third kappa shape index (κ3) is 5.93. The van der Waals surface area contributed by atoms with Gasteiger partial charge in [0.25, 0.3) is 11.7 Å². The van der Waals surface area contributed by atoms with Crippen molar-refractivity contribution in [1.29, 1.82) is 0 Å². The van der Waals surface area contributed by atoms with Crippen molar-refractivity contribution in [3.8, 4) is 11.5 Å². The van der Waals surface area contributed by atoms with Gasteiger partial charge < -0.3 is 33.7 Å². The molecule has 0 saturated carbocycles. The minimum atomic E-state index is -1.28. The number of rotatable bonds is 7. The Bertz CT molecular complexity index is 1140. The molecule has 2 aliphatic heterocycles. The Balaban J connectivity index is 1.59. The second-order valence-corrected chi connectivity index (χ2v) is 9.78. The number of piperidine rings is 1. The van der Waals surface area contributed by atoms with Gasteiger partial charge in [0.2, 0.25) is 0 Å². The van der Waals surface area contributed by atoms with E-state index in [1.165, 1.54) is 0 Å². The van der Waals surface area contributed by atoms with Crippen LogP contribution in [0.4, 0.5) is 4.79 Å². The number of methoxy groups -OCH3 is 2. The van der Waals surface area contributed by atoms with E-state index in [2.05, 4.69) is 0 Å². The van der Waals surface area contributed by atoms with Gasteiger partial charge >= 0.3 is 12.1 Å². The number of aliphatic hydroxyl groups is 1. The molecule has 9 heteroatoms. The maximum absolute atomic E-state index is 13.2. The molecule has 1 amide bonds. The van der Waals surface area contributed by atoms with Gasteiger partial charge in [-0.05, 0) is 42.5 Å². The standard InChI is InChI=1S/C28H33NO8/c1-27(2)36-24(30)23(25(31)37-27)28(17-20-14-21(33-3)16-22(15-20)34-4)10-12-29(13-11-28)26(32)35-18-19-8-6-5-7-9-19/h5-9,14-16,30H,10-13,17-18H2,1-4H3. The summed E-state index contributed by atoms with van der Waals surface area (Å²) in [5, 5.41) is 10.9. The molecule has 0 aliphatic carbocycles. The van der Waals surface area contributed by atoms with E-state index >= 15 is 0 Å². The van der Waals surface area contributed by atoms with Gasteiger partial charge in [0.15, 0.2) is 0 Å². The molecule has 1 saturated heterocycles. The van der Waals surface area contributed by atoms with Crippen LogP contribution >= 0.6 is 0 Å². The number of ether oxygens (including phenoxy) is 5. The average molecular weight is 512 g/mol. The summed E-state index contributed by atoms with van der Waals surface area (Å²) in [5.41, 5.74) is 0.958. The minimum Gasteiger partial charge on any atom is -0.497 e. The van der Waals surface area contributed by atoms with Crippen LogP contribution in [-0.2, 0) is 32.0 Å². The molecule has 2 aliphatic rings. The van der Waals surface area contributed by atoms with Crippen molar-refractivity contribution in [3.05, 3.63) is 71.2 Å². The SMILES string of the molecule is COc1cc(CC2(C3=C(O)OC(C)(C)OC3=O)CCN(C(=O)OCc3ccccc3)CC2)cc(OC)c1. The molecule has 0 unspecified atom stereocenters. The molecule has 37 heavy (non-hydrogen) atoms. The van der Waals surface area contributed by atoms with E-state index in [9.17, 15) is 14.7 Å². The molecule has 2 heterocycles. The van der Waals surface area contributed by atoms with E-state index in [1.54, 1.807) is 39.0 Å². The summed E-state index contributed by atoms with van der Waals surface area (Å²) in [6, 6.07) is 14.9. The van der Waals surface area contributed by atoms with Crippen LogP contribution in [0.15, 0.2) is 60.0 Å². The molecule has 0 spiro atoms. The van der Waals surface area contributed by atoms with E-state index in [1.807, 2.05) is 42.5 Å². The van der Waals surface area contributed by atoms with Crippen molar-refractivity contribution >= 4 is 12.1 Å². The predicted molar refractivity (Wildman–Crippen MR) is 134 cm³/mol. The third-order valence-corrected chi connectivity index (χ3v) is 6.77. The lowest BCUT2D eigenvalue weighted by atomic mass is 9.68. The Morgan fingerprint density at radius 2 is 1.59 bits per heavy atom. The number of benzene rings is 2. The Labute approximate surface area is 216 Å². The van der Waals surface area contributed by atoms with E-state index in [0.29, 0.717) is 43.9 Å². The quantitative estimate of drug-likeness (QED) is 0.532. The van der Waals surface area contributed by atoms with E-state index < -0.39 is 29.2 Å². The van der Waals surface area contributed by atoms with E-state index in [0.717, 1.165) is 11.1 Å². The molecule has 1 fully saturated rings. The van der Waals surface area contributed by atoms with Crippen molar-refractivity contribution in [1.82, 2.24) is 4.90 Å². The number of nitrogens with zero attached hydrogens (tertiary/aromatic N) is 1. The van der Waals surface area contributed by atoms with Crippen LogP contribution < -0.4 is 9.47 Å². The van der Waals surface area contributed by atoms with Gasteiger partial charge in [0, 0.05) is 38.4 Å². The molecule has 2 aromatic rings. The van der Waals surface area contributed by atoms with Gasteiger partial charge in [-0.2, -0.15) is 0 Å². The molecular weight excluding hydrogens is 478 g/mol. The summed E-state index contributed by atoms with van der Waals surface area (Å²) in [7, 11) is 3.13. The smallest absolute Gasteiger partial charge is 0.410 e. The number of hydrogen-bond acceptors (Lipinski definition) is 8. The number of carbonyl (C=O) groups is 2. The van der Waals surface area contributed by atoms with Gasteiger partial charge in [-0.25, -0.2) is 9.59 Å². The fourth-order valence-corrected chi connectivity index (χ4v) is 4.91. The first-order chi connectivity index (χ1) is 17.6. The summed E-state index contributed by atoms with van der Waals surface area (Å²) in [6.07, 6.45) is 0.699. The molecule has 9 nitrogen and oxygen atoms in total. The van der Waals surface area contributed by atoms with Crippen LogP contribution in [0.1, 0.15) is 37.8 Å². The zero-order chi connectivity index (χ0) is 26.6. The molecule has 0 bridgehead atoms. The molecule has 1 N–H and O–H groups in total. The Morgan fingerprint density at radius 1 is 0.973 bits per heavy atom. The van der Waals surface area contributed by atoms with Gasteiger partial charge in [0.05, 0.1) is 14.2 Å². The third-order valence-electron chi connectivity index (χ3n) is 6.77. The first kappa shape index (κ1) is 26.2. The first-order valence-electron chi connectivity index (χ1n) is 12.2. The van der Waals surface area contributed by atoms with E-state index in [4.69, 9.17) is 23.7 Å². The summed E-state index contributed by atoms with van der Waals surface area (Å²) < 4.78 is 27.4. The van der Waals surface area contributed by atoms with Gasteiger partial charge in [-0.3, -0.25) is 0 Å². The summed E-state index contributed by atoms with van der Waals surface area (Å²) >= 11 is 0. The number of amides is 1. The number of esters is 1. The summed E-state index contributed by atoms with van der Waals surface area (Å²) in [5.74, 6) is -1.16. The largest absolute Gasteiger partial charge is 0.497 e. The van der Waals surface area contributed by atoms with Crippen molar-refractivity contribution in [2.45, 2.75) is 45.5 Å². The Kier molecular flexibility index (Phi) is 7.52. The molecule has 0 aromatic heterocycles. The highest BCUT2D eigenvalue weighted by molar-refractivity contribution is 5.91. The maximum Gasteiger partial charge on any atom is 0.410 e. The van der Waals surface area contributed by atoms with Crippen molar-refractivity contribution in [2.24, 2.45) is 5.41 Å². The highest BCUT2D eigenvalue weighted by Crippen LogP contribution is 2.47. The van der Waals surface area contributed by atoms with Crippen LogP contribution in [0.3, 0.4) is 0 Å². The number of aliphatic hydroxyl groups excluding tert-OH is 1. The number of likely N-dealkylation sites (tertiary alicyclic amines) is 1. The van der Waals surface area contributed by atoms with Gasteiger partial charge in [-0.15, -0.1) is 0 Å². The van der Waals surface area contributed by atoms with Crippen molar-refractivity contribution in [2.75, 3.05) is 27.3 Å². The molecule has 0 radical (unpaired) electrons. The van der Waals surface area contributed by atoms with Crippen LogP contribution in [-0.4, -0.2) is 55.2 Å². The highest BCUT2D eigenvalue weighted by Gasteiger charge is 2.49. The topological polar surface area (TPSA) is 104 Å². The molecular formula is C28H33NO8. The maximum atomic E-state index is 13.2. The van der Waals surface area contributed by atoms with Gasteiger partial charge in [0.1, 0.15) is 23.7 Å². The first-order valence-corrected chi connectivity index (χ1v) is 12.2. The van der Waals surface area contributed by atoms with Crippen LogP contribution in [0.5, 0.6) is 11.5 Å². The second kappa shape index (κ2) is 10.6. The number of hydrogen-bond donors (Lipinski definition) is 1. The van der Waals surface area contributed by atoms with Crippen LogP contribution in [0.2, 0.25) is 0 Å². The van der Waals surface area contributed by atoms with Crippen molar-refractivity contribution in [3.63, 3.8) is 0 Å². The summed E-state index contributed by atoms with van der Waals surface area (Å²) in [6.45, 7) is 3.93. The molecule has 0 atom stereocenters. The fourth-order valence-electron chi connectivity index (χ4n) is 4.91. The minimum absolute atomic E-state index is 0.0749. The second-order valence-electron chi connectivity index (χ2n) is 9.78. The monoisotopic (exact) mass is 511 g/mol. The zero-order valence-electron chi connectivity index (χ0n) is 21.6. The Morgan fingerprint density at radius 3 is 2.16 bits per heavy atom. The zero-order valence-corrected chi connectivity index (χ0v) is 21.6. The van der Waals surface area contributed by atoms with E-state index in [-0.39, 0.29) is 12.2 Å².